The van der Waals surface area contributed by atoms with E-state index in [1.54, 1.807) is 5.01 Å². The fourth-order valence-electron chi connectivity index (χ4n) is 2.03. The van der Waals surface area contributed by atoms with Crippen molar-refractivity contribution in [2.75, 3.05) is 13.1 Å². The molecule has 1 aliphatic heterocycles. The number of nitrogens with zero attached hydrogens (tertiary/aromatic N) is 1. The lowest BCUT2D eigenvalue weighted by molar-refractivity contribution is 0.0195. The quantitative estimate of drug-likeness (QED) is 0.457. The van der Waals surface area contributed by atoms with Gasteiger partial charge in [0.15, 0.2) is 0 Å². The fraction of sp³-hybridized carbons (Fsp3) is 1.00. The molecule has 3 nitrogen and oxygen atoms in total. The number of β-amino-alcohol motifs (C(OH)–C–C–N with tert-alkyl or cyclic N) is 1. The van der Waals surface area contributed by atoms with Crippen molar-refractivity contribution in [2.45, 2.75) is 25.4 Å². The van der Waals surface area contributed by atoms with E-state index in [4.69, 9.17) is 5.84 Å². The summed E-state index contributed by atoms with van der Waals surface area (Å²) in [5.41, 5.74) is -0.358. The van der Waals surface area contributed by atoms with Crippen molar-refractivity contribution in [3.8, 4) is 0 Å². The molecule has 1 heterocycles. The summed E-state index contributed by atoms with van der Waals surface area (Å²) in [5, 5.41) is 11.6. The van der Waals surface area contributed by atoms with Gasteiger partial charge in [0, 0.05) is 18.5 Å². The summed E-state index contributed by atoms with van der Waals surface area (Å²) < 4.78 is 0. The first-order chi connectivity index (χ1) is 4.56. The standard InChI is InChI=1S/C7H14N2O/c1-6(10)4-9(8)5-7(6)2-3-7/h10H,2-5,8H2,1H3. The first-order valence-electron chi connectivity index (χ1n) is 3.78. The Morgan fingerprint density at radius 2 is 2.00 bits per heavy atom. The Balaban J connectivity index is 2.21. The van der Waals surface area contributed by atoms with E-state index in [1.165, 1.54) is 0 Å². The molecule has 1 spiro atoms. The Morgan fingerprint density at radius 1 is 1.40 bits per heavy atom. The van der Waals surface area contributed by atoms with Crippen LogP contribution in [0.1, 0.15) is 19.8 Å². The van der Waals surface area contributed by atoms with Crippen LogP contribution in [0.2, 0.25) is 0 Å². The van der Waals surface area contributed by atoms with Gasteiger partial charge in [-0.1, -0.05) is 0 Å². The van der Waals surface area contributed by atoms with Crippen molar-refractivity contribution < 1.29 is 5.11 Å². The largest absolute Gasteiger partial charge is 0.388 e. The third kappa shape index (κ3) is 0.654. The molecule has 0 aromatic carbocycles. The Bertz CT molecular complexity index is 157. The predicted octanol–water partition coefficient (Wildman–Crippen LogP) is -0.293. The molecule has 0 aromatic heterocycles. The van der Waals surface area contributed by atoms with Gasteiger partial charge in [0.1, 0.15) is 0 Å². The highest BCUT2D eigenvalue weighted by Gasteiger charge is 2.61. The van der Waals surface area contributed by atoms with Gasteiger partial charge >= 0.3 is 0 Å². The van der Waals surface area contributed by atoms with Crippen molar-refractivity contribution in [1.82, 2.24) is 5.01 Å². The summed E-state index contributed by atoms with van der Waals surface area (Å²) >= 11 is 0. The molecule has 3 N–H and O–H groups in total. The second-order valence-electron chi connectivity index (χ2n) is 3.96. The molecule has 0 radical (unpaired) electrons. The van der Waals surface area contributed by atoms with Crippen molar-refractivity contribution in [2.24, 2.45) is 11.3 Å². The van der Waals surface area contributed by atoms with E-state index in [9.17, 15) is 5.11 Å². The summed E-state index contributed by atoms with van der Waals surface area (Å²) in [6.07, 6.45) is 2.29. The number of rotatable bonds is 0. The summed E-state index contributed by atoms with van der Waals surface area (Å²) in [6, 6.07) is 0. The lowest BCUT2D eigenvalue weighted by Gasteiger charge is -2.22. The average Bonchev–Trinajstić information content (AvgIpc) is 2.40. The molecule has 0 aromatic rings. The summed E-state index contributed by atoms with van der Waals surface area (Å²) in [5.74, 6) is 5.60. The molecular weight excluding hydrogens is 128 g/mol. The number of hydrogen-bond acceptors (Lipinski definition) is 3. The van der Waals surface area contributed by atoms with Crippen molar-refractivity contribution in [1.29, 1.82) is 0 Å². The molecule has 1 aliphatic carbocycles. The Kier molecular flexibility index (Phi) is 1.02. The molecule has 0 bridgehead atoms. The van der Waals surface area contributed by atoms with Gasteiger partial charge in [0.25, 0.3) is 0 Å². The minimum Gasteiger partial charge on any atom is -0.388 e. The van der Waals surface area contributed by atoms with E-state index < -0.39 is 5.60 Å². The Hall–Kier alpha value is -0.120. The third-order valence-electron chi connectivity index (χ3n) is 3.01. The molecule has 1 unspecified atom stereocenters. The number of aliphatic hydroxyl groups is 1. The number of hydrogen-bond donors (Lipinski definition) is 2. The van der Waals surface area contributed by atoms with Gasteiger partial charge in [-0.2, -0.15) is 0 Å². The van der Waals surface area contributed by atoms with Gasteiger partial charge in [-0.05, 0) is 19.8 Å². The van der Waals surface area contributed by atoms with Gasteiger partial charge in [-0.15, -0.1) is 0 Å². The zero-order valence-corrected chi connectivity index (χ0v) is 6.30. The highest BCUT2D eigenvalue weighted by Crippen LogP contribution is 2.57. The maximum Gasteiger partial charge on any atom is 0.0828 e. The number of hydrazine groups is 1. The SMILES string of the molecule is CC1(O)CN(N)CC12CC2. The molecule has 1 atom stereocenters. The molecule has 3 heteroatoms. The van der Waals surface area contributed by atoms with Crippen LogP contribution in [0.5, 0.6) is 0 Å². The summed E-state index contributed by atoms with van der Waals surface area (Å²) in [7, 11) is 0. The maximum atomic E-state index is 9.83. The van der Waals surface area contributed by atoms with Crippen LogP contribution in [0, 0.1) is 5.41 Å². The molecule has 1 saturated heterocycles. The van der Waals surface area contributed by atoms with Gasteiger partial charge in [0.05, 0.1) is 5.60 Å². The van der Waals surface area contributed by atoms with Crippen LogP contribution < -0.4 is 5.84 Å². The van der Waals surface area contributed by atoms with Gasteiger partial charge in [0.2, 0.25) is 0 Å². The smallest absolute Gasteiger partial charge is 0.0828 e. The third-order valence-corrected chi connectivity index (χ3v) is 3.01. The van der Waals surface area contributed by atoms with Gasteiger partial charge in [-0.3, -0.25) is 5.84 Å². The molecule has 2 rings (SSSR count). The van der Waals surface area contributed by atoms with Crippen LogP contribution in [-0.2, 0) is 0 Å². The van der Waals surface area contributed by atoms with E-state index in [1.807, 2.05) is 6.92 Å². The second kappa shape index (κ2) is 1.55. The van der Waals surface area contributed by atoms with E-state index >= 15 is 0 Å². The first kappa shape index (κ1) is 6.58. The molecule has 2 aliphatic rings. The van der Waals surface area contributed by atoms with Crippen LogP contribution in [0.3, 0.4) is 0 Å². The molecule has 2 fully saturated rings. The van der Waals surface area contributed by atoms with Crippen LogP contribution in [0.15, 0.2) is 0 Å². The van der Waals surface area contributed by atoms with E-state index in [0.29, 0.717) is 6.54 Å². The molecule has 10 heavy (non-hydrogen) atoms. The average molecular weight is 142 g/mol. The minimum atomic E-state index is -0.526. The molecular formula is C7H14N2O. The topological polar surface area (TPSA) is 49.5 Å². The highest BCUT2D eigenvalue weighted by atomic mass is 16.3. The molecule has 1 saturated carbocycles. The zero-order chi connectivity index (χ0) is 7.41. The van der Waals surface area contributed by atoms with Crippen LogP contribution in [-0.4, -0.2) is 28.8 Å². The lowest BCUT2D eigenvalue weighted by Crippen LogP contribution is -2.36. The normalized spacial score (nSPS) is 44.7. The van der Waals surface area contributed by atoms with Crippen molar-refractivity contribution >= 4 is 0 Å². The van der Waals surface area contributed by atoms with Crippen molar-refractivity contribution in [3.05, 3.63) is 0 Å². The Labute approximate surface area is 60.8 Å². The molecule has 58 valence electrons. The van der Waals surface area contributed by atoms with E-state index in [0.717, 1.165) is 19.4 Å². The Morgan fingerprint density at radius 3 is 2.20 bits per heavy atom. The lowest BCUT2D eigenvalue weighted by atomic mass is 9.90. The van der Waals surface area contributed by atoms with Crippen molar-refractivity contribution in [3.63, 3.8) is 0 Å². The van der Waals surface area contributed by atoms with Crippen LogP contribution in [0.25, 0.3) is 0 Å². The maximum absolute atomic E-state index is 9.83. The summed E-state index contributed by atoms with van der Waals surface area (Å²) in [4.78, 5) is 0. The highest BCUT2D eigenvalue weighted by molar-refractivity contribution is 5.12. The second-order valence-corrected chi connectivity index (χ2v) is 3.96. The summed E-state index contributed by atoms with van der Waals surface area (Å²) in [6.45, 7) is 3.40. The van der Waals surface area contributed by atoms with Gasteiger partial charge < -0.3 is 5.11 Å². The predicted molar refractivity (Wildman–Crippen MR) is 38.1 cm³/mol. The number of nitrogens with two attached hydrogens (primary N) is 1. The molecule has 0 amide bonds. The monoisotopic (exact) mass is 142 g/mol. The minimum absolute atomic E-state index is 0.168. The first-order valence-corrected chi connectivity index (χ1v) is 3.78. The zero-order valence-electron chi connectivity index (χ0n) is 6.30. The fourth-order valence-corrected chi connectivity index (χ4v) is 2.03. The van der Waals surface area contributed by atoms with Crippen LogP contribution >= 0.6 is 0 Å². The van der Waals surface area contributed by atoms with Gasteiger partial charge in [-0.25, -0.2) is 5.01 Å². The van der Waals surface area contributed by atoms with Crippen LogP contribution in [0.4, 0.5) is 0 Å². The van der Waals surface area contributed by atoms with E-state index in [-0.39, 0.29) is 5.41 Å². The van der Waals surface area contributed by atoms with E-state index in [2.05, 4.69) is 0 Å².